The van der Waals surface area contributed by atoms with Gasteiger partial charge in [0.25, 0.3) is 5.56 Å². The lowest BCUT2D eigenvalue weighted by molar-refractivity contribution is -0.113. The molecule has 33 heavy (non-hydrogen) atoms. The van der Waals surface area contributed by atoms with Gasteiger partial charge in [-0.3, -0.25) is 9.59 Å². The number of benzene rings is 2. The van der Waals surface area contributed by atoms with Gasteiger partial charge < -0.3 is 19.8 Å². The van der Waals surface area contributed by atoms with Crippen molar-refractivity contribution in [3.05, 3.63) is 65.1 Å². The summed E-state index contributed by atoms with van der Waals surface area (Å²) in [5, 5.41) is 2.86. The number of ether oxygens (including phenoxy) is 2. The van der Waals surface area contributed by atoms with E-state index in [-0.39, 0.29) is 21.7 Å². The molecule has 0 unspecified atom stereocenters. The number of H-pyrrole nitrogens is 1. The van der Waals surface area contributed by atoms with Gasteiger partial charge in [-0.25, -0.2) is 13.4 Å². The largest absolute Gasteiger partial charge is 0.494 e. The summed E-state index contributed by atoms with van der Waals surface area (Å²) in [6, 6.07) is 12.8. The normalized spacial score (nSPS) is 11.1. The smallest absolute Gasteiger partial charge is 0.270 e. The lowest BCUT2D eigenvalue weighted by Gasteiger charge is -2.11. The number of aromatic amines is 1. The third kappa shape index (κ3) is 6.14. The van der Waals surface area contributed by atoms with E-state index in [1.165, 1.54) is 24.3 Å². The van der Waals surface area contributed by atoms with Crippen molar-refractivity contribution in [3.8, 4) is 11.5 Å². The fourth-order valence-electron chi connectivity index (χ4n) is 2.81. The van der Waals surface area contributed by atoms with Gasteiger partial charge in [-0.2, -0.15) is 0 Å². The van der Waals surface area contributed by atoms with Crippen molar-refractivity contribution < 1.29 is 22.7 Å². The molecular weight excluding hydrogens is 466 g/mol. The van der Waals surface area contributed by atoms with Crippen molar-refractivity contribution in [1.29, 1.82) is 0 Å². The number of carbonyl (C=O) groups excluding carboxylic acids is 1. The Kier molecular flexibility index (Phi) is 8.12. The minimum Gasteiger partial charge on any atom is -0.494 e. The van der Waals surface area contributed by atoms with E-state index in [1.807, 2.05) is 13.8 Å². The van der Waals surface area contributed by atoms with Gasteiger partial charge in [0.2, 0.25) is 15.7 Å². The number of amides is 1. The molecule has 0 aliphatic heterocycles. The number of nitrogens with zero attached hydrogens (tertiary/aromatic N) is 1. The van der Waals surface area contributed by atoms with Gasteiger partial charge in [0, 0.05) is 0 Å². The molecular formula is C22H23N3O6S2. The number of rotatable bonds is 10. The zero-order chi connectivity index (χ0) is 23.8. The molecule has 1 aromatic heterocycles. The molecule has 0 spiro atoms. The van der Waals surface area contributed by atoms with E-state index in [9.17, 15) is 18.0 Å². The summed E-state index contributed by atoms with van der Waals surface area (Å²) < 4.78 is 36.4. The van der Waals surface area contributed by atoms with Crippen LogP contribution in [0.1, 0.15) is 13.8 Å². The standard InChI is InChI=1S/C22H23N3O6S2/c1-3-30-15-9-11-16(12-10-15)33(28,29)19-13-23-22(25-21(19)27)32-14-20(26)24-17-7-5-6-8-18(17)31-4-2/h5-13H,3-4,14H2,1-2H3,(H,24,26)(H,23,25,27). The first-order chi connectivity index (χ1) is 15.8. The Bertz CT molecular complexity index is 1270. The molecule has 0 saturated heterocycles. The van der Waals surface area contributed by atoms with Crippen molar-refractivity contribution in [2.45, 2.75) is 28.8 Å². The zero-order valence-corrected chi connectivity index (χ0v) is 19.7. The van der Waals surface area contributed by atoms with Crippen molar-refractivity contribution in [1.82, 2.24) is 9.97 Å². The number of para-hydroxylation sites is 2. The van der Waals surface area contributed by atoms with Crippen LogP contribution in [0.5, 0.6) is 11.5 Å². The summed E-state index contributed by atoms with van der Waals surface area (Å²) >= 11 is 0.973. The Balaban J connectivity index is 1.68. The minimum absolute atomic E-state index is 0.0472. The van der Waals surface area contributed by atoms with E-state index in [1.54, 1.807) is 24.3 Å². The maximum absolute atomic E-state index is 12.8. The van der Waals surface area contributed by atoms with Gasteiger partial charge in [-0.1, -0.05) is 23.9 Å². The van der Waals surface area contributed by atoms with Crippen molar-refractivity contribution in [3.63, 3.8) is 0 Å². The summed E-state index contributed by atoms with van der Waals surface area (Å²) in [5.41, 5.74) is -0.285. The van der Waals surface area contributed by atoms with Gasteiger partial charge in [0.15, 0.2) is 10.1 Å². The molecule has 0 aliphatic carbocycles. The van der Waals surface area contributed by atoms with Crippen LogP contribution in [-0.4, -0.2) is 43.3 Å². The highest BCUT2D eigenvalue weighted by Gasteiger charge is 2.22. The number of thioether (sulfide) groups is 1. The van der Waals surface area contributed by atoms with E-state index >= 15 is 0 Å². The molecule has 3 rings (SSSR count). The van der Waals surface area contributed by atoms with Gasteiger partial charge in [0.1, 0.15) is 11.5 Å². The van der Waals surface area contributed by atoms with Crippen LogP contribution in [0.25, 0.3) is 0 Å². The highest BCUT2D eigenvalue weighted by atomic mass is 32.2. The lowest BCUT2D eigenvalue weighted by Crippen LogP contribution is -2.20. The van der Waals surface area contributed by atoms with E-state index < -0.39 is 20.3 Å². The predicted octanol–water partition coefficient (Wildman–Crippen LogP) is 3.13. The Morgan fingerprint density at radius 1 is 1.06 bits per heavy atom. The van der Waals surface area contributed by atoms with Crippen molar-refractivity contribution in [2.75, 3.05) is 24.3 Å². The summed E-state index contributed by atoms with van der Waals surface area (Å²) in [4.78, 5) is 30.6. The maximum atomic E-state index is 12.8. The third-order valence-corrected chi connectivity index (χ3v) is 6.93. The molecule has 1 heterocycles. The fourth-order valence-corrected chi connectivity index (χ4v) is 4.68. The second-order valence-corrected chi connectivity index (χ2v) is 9.44. The van der Waals surface area contributed by atoms with E-state index in [0.29, 0.717) is 30.4 Å². The first-order valence-electron chi connectivity index (χ1n) is 10.1. The molecule has 0 radical (unpaired) electrons. The summed E-state index contributed by atoms with van der Waals surface area (Å²) in [5.74, 6) is 0.695. The molecule has 9 nitrogen and oxygen atoms in total. The van der Waals surface area contributed by atoms with Crippen LogP contribution in [0.4, 0.5) is 5.69 Å². The second-order valence-electron chi connectivity index (χ2n) is 6.56. The Morgan fingerprint density at radius 3 is 2.42 bits per heavy atom. The SMILES string of the molecule is CCOc1ccc(S(=O)(=O)c2cnc(SCC(=O)Nc3ccccc3OCC)[nH]c2=O)cc1. The van der Waals surface area contributed by atoms with Crippen LogP contribution in [0.3, 0.4) is 0 Å². The number of sulfone groups is 1. The van der Waals surface area contributed by atoms with Crippen LogP contribution in [0, 0.1) is 0 Å². The fraction of sp³-hybridized carbons (Fsp3) is 0.227. The average molecular weight is 490 g/mol. The zero-order valence-electron chi connectivity index (χ0n) is 18.0. The van der Waals surface area contributed by atoms with Gasteiger partial charge >= 0.3 is 0 Å². The Morgan fingerprint density at radius 2 is 1.76 bits per heavy atom. The molecule has 174 valence electrons. The number of hydrogen-bond acceptors (Lipinski definition) is 8. The summed E-state index contributed by atoms with van der Waals surface area (Å²) in [7, 11) is -4.06. The van der Waals surface area contributed by atoms with Crippen LogP contribution >= 0.6 is 11.8 Å². The molecule has 0 bridgehead atoms. The molecule has 1 amide bonds. The summed E-state index contributed by atoms with van der Waals surface area (Å²) in [6.45, 7) is 4.57. The van der Waals surface area contributed by atoms with Crippen LogP contribution in [-0.2, 0) is 14.6 Å². The molecule has 11 heteroatoms. The Hall–Kier alpha value is -3.31. The third-order valence-electron chi connectivity index (χ3n) is 4.28. The molecule has 0 aliphatic rings. The number of hydrogen-bond donors (Lipinski definition) is 2. The molecule has 3 aromatic rings. The second kappa shape index (κ2) is 11.0. The number of nitrogens with one attached hydrogen (secondary N) is 2. The topological polar surface area (TPSA) is 127 Å². The molecule has 0 saturated carbocycles. The molecule has 2 N–H and O–H groups in total. The van der Waals surface area contributed by atoms with Gasteiger partial charge in [-0.15, -0.1) is 0 Å². The van der Waals surface area contributed by atoms with Crippen molar-refractivity contribution in [2.24, 2.45) is 0 Å². The van der Waals surface area contributed by atoms with Crippen molar-refractivity contribution >= 4 is 33.2 Å². The van der Waals surface area contributed by atoms with Crippen LogP contribution in [0.15, 0.2) is 74.5 Å². The first kappa shape index (κ1) is 24.3. The minimum atomic E-state index is -4.06. The van der Waals surface area contributed by atoms with Gasteiger partial charge in [-0.05, 0) is 50.2 Å². The van der Waals surface area contributed by atoms with E-state index in [4.69, 9.17) is 9.47 Å². The monoisotopic (exact) mass is 489 g/mol. The number of carbonyl (C=O) groups is 1. The van der Waals surface area contributed by atoms with E-state index in [2.05, 4.69) is 15.3 Å². The quantitative estimate of drug-likeness (QED) is 0.328. The Labute approximate surface area is 195 Å². The predicted molar refractivity (Wildman–Crippen MR) is 125 cm³/mol. The molecule has 0 fully saturated rings. The number of anilines is 1. The maximum Gasteiger partial charge on any atom is 0.270 e. The summed E-state index contributed by atoms with van der Waals surface area (Å²) in [6.07, 6.45) is 0.995. The highest BCUT2D eigenvalue weighted by molar-refractivity contribution is 7.99. The molecule has 2 aromatic carbocycles. The lowest BCUT2D eigenvalue weighted by atomic mass is 10.3. The first-order valence-corrected chi connectivity index (χ1v) is 12.5. The number of aromatic nitrogens is 2. The molecule has 0 atom stereocenters. The average Bonchev–Trinajstić information content (AvgIpc) is 2.80. The van der Waals surface area contributed by atoms with Gasteiger partial charge in [0.05, 0.1) is 35.7 Å². The van der Waals surface area contributed by atoms with E-state index in [0.717, 1.165) is 18.0 Å². The van der Waals surface area contributed by atoms with Crippen LogP contribution in [0.2, 0.25) is 0 Å². The highest BCUT2D eigenvalue weighted by Crippen LogP contribution is 2.25. The van der Waals surface area contributed by atoms with Crippen LogP contribution < -0.4 is 20.3 Å².